The monoisotopic (exact) mass is 197 g/mol. The molecule has 0 aromatic carbocycles. The molecule has 1 rings (SSSR count). The molecule has 1 fully saturated rings. The maximum atomic E-state index is 8.00. The lowest BCUT2D eigenvalue weighted by Crippen LogP contribution is -2.28. The van der Waals surface area contributed by atoms with Gasteiger partial charge in [0.15, 0.2) is 0 Å². The Bertz CT molecular complexity index is 222. The van der Waals surface area contributed by atoms with Crippen molar-refractivity contribution in [2.24, 2.45) is 5.11 Å². The third-order valence-corrected chi connectivity index (χ3v) is 2.03. The van der Waals surface area contributed by atoms with E-state index in [1.54, 1.807) is 7.11 Å². The fraction of sp³-hybridized carbons (Fsp3) is 1.00. The molecule has 0 bridgehead atoms. The van der Waals surface area contributed by atoms with Gasteiger partial charge >= 0.3 is 0 Å². The molecule has 0 saturated carbocycles. The van der Waals surface area contributed by atoms with Gasteiger partial charge in [-0.05, 0) is 12.0 Å². The molecule has 0 spiro atoms. The average molecular weight is 197 g/mol. The van der Waals surface area contributed by atoms with Crippen LogP contribution in [0.2, 0.25) is 0 Å². The van der Waals surface area contributed by atoms with E-state index >= 15 is 0 Å². The van der Waals surface area contributed by atoms with E-state index < -0.39 is 0 Å². The Labute approximate surface area is 83.5 Å². The molecule has 2 radical (unpaired) electrons. The Morgan fingerprint density at radius 1 is 1.71 bits per heavy atom. The van der Waals surface area contributed by atoms with Crippen LogP contribution in [0.1, 0.15) is 6.42 Å². The summed E-state index contributed by atoms with van der Waals surface area (Å²) in [6, 6.07) is -0.298. The van der Waals surface area contributed by atoms with Crippen molar-refractivity contribution in [3.05, 3.63) is 10.4 Å². The third kappa shape index (κ3) is 3.19. The van der Waals surface area contributed by atoms with E-state index in [9.17, 15) is 0 Å². The van der Waals surface area contributed by atoms with E-state index in [0.29, 0.717) is 13.0 Å². The molecular weight excluding hydrogens is 185 g/mol. The smallest absolute Gasteiger partial charge is 0.126 e. The molecular formula is C7H12BN3O3. The molecule has 1 saturated heterocycles. The molecule has 0 N–H and O–H groups in total. The largest absolute Gasteiger partial charge is 0.380 e. The molecule has 1 heterocycles. The van der Waals surface area contributed by atoms with Crippen LogP contribution in [0.25, 0.3) is 10.4 Å². The molecule has 0 aromatic heterocycles. The molecule has 76 valence electrons. The third-order valence-electron chi connectivity index (χ3n) is 2.03. The second-order valence-corrected chi connectivity index (χ2v) is 2.95. The summed E-state index contributed by atoms with van der Waals surface area (Å²) in [7, 11) is 7.19. The molecule has 0 aromatic rings. The Hall–Kier alpha value is -0.745. The predicted octanol–water partition coefficient (Wildman–Crippen LogP) is 0.569. The first-order chi connectivity index (χ1) is 6.77. The van der Waals surface area contributed by atoms with Crippen LogP contribution in [-0.4, -0.2) is 46.5 Å². The van der Waals surface area contributed by atoms with Gasteiger partial charge in [-0.1, -0.05) is 5.11 Å². The molecule has 0 aliphatic carbocycles. The van der Waals surface area contributed by atoms with Gasteiger partial charge in [0, 0.05) is 18.0 Å². The van der Waals surface area contributed by atoms with Crippen molar-refractivity contribution in [3.8, 4) is 0 Å². The van der Waals surface area contributed by atoms with E-state index in [1.807, 2.05) is 0 Å². The summed E-state index contributed by atoms with van der Waals surface area (Å²) in [4.78, 5) is 2.56. The summed E-state index contributed by atoms with van der Waals surface area (Å²) in [5.74, 6) is 0. The van der Waals surface area contributed by atoms with Crippen LogP contribution in [0, 0.1) is 0 Å². The predicted molar refractivity (Wildman–Crippen MR) is 49.8 cm³/mol. The number of azide groups is 1. The van der Waals surface area contributed by atoms with Crippen LogP contribution in [0.4, 0.5) is 0 Å². The van der Waals surface area contributed by atoms with E-state index in [2.05, 4.69) is 10.0 Å². The van der Waals surface area contributed by atoms with Gasteiger partial charge in [-0.2, -0.15) is 0 Å². The normalized spacial score (nSPS) is 31.4. The first kappa shape index (κ1) is 11.3. The lowest BCUT2D eigenvalue weighted by Gasteiger charge is -2.16. The maximum Gasteiger partial charge on any atom is 0.126 e. The summed E-state index contributed by atoms with van der Waals surface area (Å²) >= 11 is 0. The molecule has 1 aliphatic rings. The standard InChI is InChI=1S/C7H12BN3O3/c1-12-5-2-7(8)14-6(5)3-13-4-10-11-9/h5-7H,2-4H2,1H3/t5-,6-,7-/m1/s1. The second kappa shape index (κ2) is 5.88. The minimum absolute atomic E-state index is 0.00202. The fourth-order valence-corrected chi connectivity index (χ4v) is 1.38. The molecule has 3 atom stereocenters. The highest BCUT2D eigenvalue weighted by atomic mass is 16.6. The van der Waals surface area contributed by atoms with E-state index in [4.69, 9.17) is 27.6 Å². The zero-order valence-electron chi connectivity index (χ0n) is 8.00. The zero-order valence-corrected chi connectivity index (χ0v) is 8.00. The van der Waals surface area contributed by atoms with Gasteiger partial charge in [0.25, 0.3) is 0 Å². The van der Waals surface area contributed by atoms with Gasteiger partial charge in [0.1, 0.15) is 20.7 Å². The number of rotatable bonds is 5. The van der Waals surface area contributed by atoms with E-state index in [-0.39, 0.29) is 24.9 Å². The summed E-state index contributed by atoms with van der Waals surface area (Å²) < 4.78 is 15.6. The topological polar surface area (TPSA) is 76.5 Å². The Morgan fingerprint density at radius 3 is 3.14 bits per heavy atom. The molecule has 7 heteroatoms. The first-order valence-corrected chi connectivity index (χ1v) is 4.30. The van der Waals surface area contributed by atoms with Crippen molar-refractivity contribution in [2.45, 2.75) is 24.6 Å². The fourth-order valence-electron chi connectivity index (χ4n) is 1.38. The van der Waals surface area contributed by atoms with Crippen molar-refractivity contribution in [1.29, 1.82) is 0 Å². The van der Waals surface area contributed by atoms with Crippen molar-refractivity contribution in [2.75, 3.05) is 20.4 Å². The van der Waals surface area contributed by atoms with E-state index in [0.717, 1.165) is 0 Å². The van der Waals surface area contributed by atoms with Crippen LogP contribution in [-0.2, 0) is 14.2 Å². The number of hydrogen-bond acceptors (Lipinski definition) is 4. The lowest BCUT2D eigenvalue weighted by molar-refractivity contribution is -0.0413. The SMILES string of the molecule is [B][C@H]1C[C@@H](OC)[C@@H](COCN=[N+]=[N-])O1. The summed E-state index contributed by atoms with van der Waals surface area (Å²) in [5.41, 5.74) is 8.00. The van der Waals surface area contributed by atoms with Crippen molar-refractivity contribution in [1.82, 2.24) is 0 Å². The van der Waals surface area contributed by atoms with E-state index in [1.165, 1.54) is 0 Å². The molecule has 1 aliphatic heterocycles. The number of ether oxygens (including phenoxy) is 3. The van der Waals surface area contributed by atoms with Gasteiger partial charge in [-0.3, -0.25) is 0 Å². The highest BCUT2D eigenvalue weighted by molar-refractivity contribution is 6.11. The minimum atomic E-state index is -0.298. The zero-order chi connectivity index (χ0) is 10.4. The van der Waals surface area contributed by atoms with Crippen LogP contribution < -0.4 is 0 Å². The van der Waals surface area contributed by atoms with Crippen LogP contribution >= 0.6 is 0 Å². The van der Waals surface area contributed by atoms with Gasteiger partial charge in [0.05, 0.1) is 12.7 Å². The Morgan fingerprint density at radius 2 is 2.50 bits per heavy atom. The summed E-state index contributed by atoms with van der Waals surface area (Å²) in [5, 5.41) is 3.23. The lowest BCUT2D eigenvalue weighted by atomic mass is 9.96. The second-order valence-electron chi connectivity index (χ2n) is 2.95. The van der Waals surface area contributed by atoms with Crippen molar-refractivity contribution in [3.63, 3.8) is 0 Å². The Kier molecular flexibility index (Phi) is 4.75. The van der Waals surface area contributed by atoms with Crippen LogP contribution in [0.5, 0.6) is 0 Å². The number of hydrogen-bond donors (Lipinski definition) is 0. The van der Waals surface area contributed by atoms with Crippen LogP contribution in [0.3, 0.4) is 0 Å². The Balaban J connectivity index is 2.25. The van der Waals surface area contributed by atoms with Gasteiger partial charge < -0.3 is 14.2 Å². The van der Waals surface area contributed by atoms with Crippen molar-refractivity contribution >= 4 is 7.85 Å². The van der Waals surface area contributed by atoms with Gasteiger partial charge in [-0.25, -0.2) is 0 Å². The average Bonchev–Trinajstić information content (AvgIpc) is 2.54. The summed E-state index contributed by atoms with van der Waals surface area (Å²) in [6.07, 6.45) is 0.437. The highest BCUT2D eigenvalue weighted by Crippen LogP contribution is 2.21. The van der Waals surface area contributed by atoms with Crippen LogP contribution in [0.15, 0.2) is 5.11 Å². The first-order valence-electron chi connectivity index (χ1n) is 4.30. The summed E-state index contributed by atoms with van der Waals surface area (Å²) in [6.45, 7) is 0.327. The molecule has 0 unspecified atom stereocenters. The molecule has 6 nitrogen and oxygen atoms in total. The maximum absolute atomic E-state index is 8.00. The molecule has 14 heavy (non-hydrogen) atoms. The quantitative estimate of drug-likeness (QED) is 0.212. The highest BCUT2D eigenvalue weighted by Gasteiger charge is 2.32. The number of methoxy groups -OCH3 is 1. The van der Waals surface area contributed by atoms with Crippen molar-refractivity contribution < 1.29 is 14.2 Å². The van der Waals surface area contributed by atoms with Gasteiger partial charge in [0.2, 0.25) is 0 Å². The number of nitrogens with zero attached hydrogens (tertiary/aromatic N) is 3. The minimum Gasteiger partial charge on any atom is -0.380 e. The van der Waals surface area contributed by atoms with Gasteiger partial charge in [-0.15, -0.1) is 0 Å². The molecule has 0 amide bonds.